The Morgan fingerprint density at radius 3 is 3.05 bits per heavy atom. The average molecular weight is 299 g/mol. The molecular weight excluding hydrogens is 282 g/mol. The highest BCUT2D eigenvalue weighted by atomic mass is 32.1. The van der Waals surface area contributed by atoms with E-state index in [0.29, 0.717) is 17.2 Å². The second-order valence-electron chi connectivity index (χ2n) is 4.37. The third-order valence-electron chi connectivity index (χ3n) is 2.80. The molecule has 1 aromatic rings. The fourth-order valence-electron chi connectivity index (χ4n) is 1.80. The lowest BCUT2D eigenvalue weighted by Gasteiger charge is -2.14. The molecule has 0 aromatic carbocycles. The minimum Gasteiger partial charge on any atom is -0.376 e. The van der Waals surface area contributed by atoms with Crippen LogP contribution in [0.15, 0.2) is 11.4 Å². The molecular formula is C12H17N3O2S2. The molecule has 1 saturated heterocycles. The molecule has 1 aliphatic heterocycles. The topological polar surface area (TPSA) is 62.4 Å². The van der Waals surface area contributed by atoms with Crippen molar-refractivity contribution in [3.05, 3.63) is 21.9 Å². The van der Waals surface area contributed by atoms with Crippen molar-refractivity contribution in [2.45, 2.75) is 25.9 Å². The average Bonchev–Trinajstić information content (AvgIpc) is 3.04. The molecule has 7 heteroatoms. The van der Waals surface area contributed by atoms with E-state index >= 15 is 0 Å². The van der Waals surface area contributed by atoms with E-state index in [2.05, 4.69) is 16.2 Å². The van der Waals surface area contributed by atoms with Gasteiger partial charge in [-0.05, 0) is 38.0 Å². The summed E-state index contributed by atoms with van der Waals surface area (Å²) in [6.45, 7) is 3.45. The van der Waals surface area contributed by atoms with Gasteiger partial charge >= 0.3 is 0 Å². The molecule has 1 amide bonds. The SMILES string of the molecule is Cc1cc(C(=O)NNC(=S)NC[C@H]2CCCO2)cs1. The minimum absolute atomic E-state index is 0.189. The Labute approximate surface area is 121 Å². The van der Waals surface area contributed by atoms with Gasteiger partial charge in [0.25, 0.3) is 5.91 Å². The molecule has 3 N–H and O–H groups in total. The van der Waals surface area contributed by atoms with Gasteiger partial charge in [0.05, 0.1) is 11.7 Å². The van der Waals surface area contributed by atoms with E-state index in [4.69, 9.17) is 17.0 Å². The zero-order valence-electron chi connectivity index (χ0n) is 10.7. The number of thiocarbonyl (C=S) groups is 1. The number of aryl methyl sites for hydroxylation is 1. The first-order chi connectivity index (χ1) is 9.15. The lowest BCUT2D eigenvalue weighted by Crippen LogP contribution is -2.48. The van der Waals surface area contributed by atoms with Gasteiger partial charge in [-0.3, -0.25) is 15.6 Å². The molecule has 1 atom stereocenters. The maximum atomic E-state index is 11.7. The standard InChI is InChI=1S/C12H17N3O2S2/c1-8-5-9(7-19-8)11(16)14-15-12(18)13-6-10-3-2-4-17-10/h5,7,10H,2-4,6H2,1H3,(H,14,16)(H2,13,15,18)/t10-/m1/s1. The molecule has 1 fully saturated rings. The molecule has 0 radical (unpaired) electrons. The highest BCUT2D eigenvalue weighted by molar-refractivity contribution is 7.80. The molecule has 2 heterocycles. The van der Waals surface area contributed by atoms with Gasteiger partial charge in [0.1, 0.15) is 0 Å². The second kappa shape index (κ2) is 6.83. The van der Waals surface area contributed by atoms with Crippen LogP contribution in [0.4, 0.5) is 0 Å². The zero-order chi connectivity index (χ0) is 13.7. The van der Waals surface area contributed by atoms with Crippen molar-refractivity contribution in [3.8, 4) is 0 Å². The molecule has 104 valence electrons. The molecule has 2 rings (SSSR count). The van der Waals surface area contributed by atoms with E-state index in [1.54, 1.807) is 11.3 Å². The Hall–Kier alpha value is -1.18. The molecule has 0 aliphatic carbocycles. The molecule has 19 heavy (non-hydrogen) atoms. The Bertz CT molecular complexity index is 456. The molecule has 0 spiro atoms. The maximum Gasteiger partial charge on any atom is 0.270 e. The van der Waals surface area contributed by atoms with Gasteiger partial charge in [0.2, 0.25) is 0 Å². The number of amides is 1. The number of thiophene rings is 1. The number of rotatable bonds is 3. The molecule has 0 bridgehead atoms. The molecule has 0 unspecified atom stereocenters. The summed E-state index contributed by atoms with van der Waals surface area (Å²) in [4.78, 5) is 12.8. The van der Waals surface area contributed by atoms with E-state index in [0.717, 1.165) is 24.3 Å². The van der Waals surface area contributed by atoms with Gasteiger partial charge < -0.3 is 10.1 Å². The van der Waals surface area contributed by atoms with Gasteiger partial charge in [0.15, 0.2) is 5.11 Å². The van der Waals surface area contributed by atoms with Crippen LogP contribution in [0.3, 0.4) is 0 Å². The van der Waals surface area contributed by atoms with E-state index in [1.807, 2.05) is 18.4 Å². The van der Waals surface area contributed by atoms with Crippen molar-refractivity contribution in [2.24, 2.45) is 0 Å². The number of carbonyl (C=O) groups excluding carboxylic acids is 1. The first-order valence-corrected chi connectivity index (χ1v) is 7.45. The van der Waals surface area contributed by atoms with Crippen molar-refractivity contribution in [1.82, 2.24) is 16.2 Å². The van der Waals surface area contributed by atoms with Crippen LogP contribution in [0.25, 0.3) is 0 Å². The molecule has 1 aromatic heterocycles. The Kier molecular flexibility index (Phi) is 5.12. The van der Waals surface area contributed by atoms with E-state index in [1.165, 1.54) is 0 Å². The van der Waals surface area contributed by atoms with Gasteiger partial charge in [0, 0.05) is 23.4 Å². The number of nitrogens with one attached hydrogen (secondary N) is 3. The van der Waals surface area contributed by atoms with Gasteiger partial charge in [-0.1, -0.05) is 0 Å². The normalized spacial score (nSPS) is 18.1. The van der Waals surface area contributed by atoms with Crippen LogP contribution in [0.1, 0.15) is 28.1 Å². The highest BCUT2D eigenvalue weighted by Crippen LogP contribution is 2.12. The number of hydrazine groups is 1. The summed E-state index contributed by atoms with van der Waals surface area (Å²) >= 11 is 6.61. The Morgan fingerprint density at radius 2 is 2.42 bits per heavy atom. The van der Waals surface area contributed by atoms with Crippen LogP contribution in [0.2, 0.25) is 0 Å². The summed E-state index contributed by atoms with van der Waals surface area (Å²) in [6.07, 6.45) is 2.37. The van der Waals surface area contributed by atoms with Crippen molar-refractivity contribution in [1.29, 1.82) is 0 Å². The van der Waals surface area contributed by atoms with Crippen LogP contribution in [0, 0.1) is 6.92 Å². The van der Waals surface area contributed by atoms with Crippen LogP contribution >= 0.6 is 23.6 Å². The third-order valence-corrected chi connectivity index (χ3v) is 3.90. The monoisotopic (exact) mass is 299 g/mol. The van der Waals surface area contributed by atoms with Crippen molar-refractivity contribution in [2.75, 3.05) is 13.2 Å². The van der Waals surface area contributed by atoms with Crippen LogP contribution in [-0.2, 0) is 4.74 Å². The molecule has 0 saturated carbocycles. The summed E-state index contributed by atoms with van der Waals surface area (Å²) < 4.78 is 5.47. The summed E-state index contributed by atoms with van der Waals surface area (Å²) in [5.74, 6) is -0.189. The first-order valence-electron chi connectivity index (χ1n) is 6.16. The molecule has 1 aliphatic rings. The zero-order valence-corrected chi connectivity index (χ0v) is 12.3. The highest BCUT2D eigenvalue weighted by Gasteiger charge is 2.15. The van der Waals surface area contributed by atoms with Crippen molar-refractivity contribution < 1.29 is 9.53 Å². The fraction of sp³-hybridized carbons (Fsp3) is 0.500. The van der Waals surface area contributed by atoms with E-state index < -0.39 is 0 Å². The minimum atomic E-state index is -0.189. The number of carbonyl (C=O) groups is 1. The summed E-state index contributed by atoms with van der Waals surface area (Å²) in [5, 5.41) is 5.23. The number of ether oxygens (including phenoxy) is 1. The summed E-state index contributed by atoms with van der Waals surface area (Å²) in [5.41, 5.74) is 5.88. The summed E-state index contributed by atoms with van der Waals surface area (Å²) in [6, 6.07) is 1.84. The smallest absolute Gasteiger partial charge is 0.270 e. The van der Waals surface area contributed by atoms with Crippen LogP contribution in [0.5, 0.6) is 0 Å². The van der Waals surface area contributed by atoms with Gasteiger partial charge in [-0.2, -0.15) is 0 Å². The van der Waals surface area contributed by atoms with Crippen molar-refractivity contribution >= 4 is 34.6 Å². The maximum absolute atomic E-state index is 11.7. The number of hydrogen-bond acceptors (Lipinski definition) is 4. The third kappa shape index (κ3) is 4.45. The van der Waals surface area contributed by atoms with E-state index in [-0.39, 0.29) is 12.0 Å². The second-order valence-corrected chi connectivity index (χ2v) is 5.89. The van der Waals surface area contributed by atoms with Gasteiger partial charge in [-0.25, -0.2) is 0 Å². The number of hydrogen-bond donors (Lipinski definition) is 3. The van der Waals surface area contributed by atoms with Crippen molar-refractivity contribution in [3.63, 3.8) is 0 Å². The predicted octanol–water partition coefficient (Wildman–Crippen LogP) is 1.34. The predicted molar refractivity (Wildman–Crippen MR) is 79.2 cm³/mol. The lowest BCUT2D eigenvalue weighted by molar-refractivity contribution is 0.0943. The Morgan fingerprint density at radius 1 is 1.58 bits per heavy atom. The fourth-order valence-corrected chi connectivity index (χ4v) is 2.62. The quantitative estimate of drug-likeness (QED) is 0.581. The van der Waals surface area contributed by atoms with Crippen LogP contribution in [-0.4, -0.2) is 30.3 Å². The molecule has 5 nitrogen and oxygen atoms in total. The van der Waals surface area contributed by atoms with E-state index in [9.17, 15) is 4.79 Å². The largest absolute Gasteiger partial charge is 0.376 e. The van der Waals surface area contributed by atoms with Gasteiger partial charge in [-0.15, -0.1) is 11.3 Å². The lowest BCUT2D eigenvalue weighted by atomic mass is 10.2. The Balaban J connectivity index is 1.66. The summed E-state index contributed by atoms with van der Waals surface area (Å²) in [7, 11) is 0. The van der Waals surface area contributed by atoms with Crippen LogP contribution < -0.4 is 16.2 Å². The first kappa shape index (κ1) is 14.2.